The summed E-state index contributed by atoms with van der Waals surface area (Å²) in [4.78, 5) is 44.4. The van der Waals surface area contributed by atoms with Gasteiger partial charge in [-0.1, -0.05) is 60.7 Å². The number of nitrogens with zero attached hydrogens (tertiary/aromatic N) is 3. The molecule has 0 aliphatic rings. The highest BCUT2D eigenvalue weighted by Gasteiger charge is 2.24. The second-order valence-electron chi connectivity index (χ2n) is 8.56. The molecular formula is C27H35N5O4. The first kappa shape index (κ1) is 26.9. The molecule has 0 saturated heterocycles. The monoisotopic (exact) mass is 493 g/mol. The molecule has 0 spiro atoms. The number of carbonyl (C=O) groups is 1. The third-order valence-corrected chi connectivity index (χ3v) is 6.04. The Hall–Kier alpha value is -3.69. The second-order valence-corrected chi connectivity index (χ2v) is 8.56. The summed E-state index contributed by atoms with van der Waals surface area (Å²) < 4.78 is 6.52. The first-order valence-corrected chi connectivity index (χ1v) is 12.2. The van der Waals surface area contributed by atoms with E-state index in [1.807, 2.05) is 53.4 Å². The quantitative estimate of drug-likeness (QED) is 0.377. The predicted molar refractivity (Wildman–Crippen MR) is 142 cm³/mol. The van der Waals surface area contributed by atoms with E-state index >= 15 is 0 Å². The van der Waals surface area contributed by atoms with Crippen LogP contribution in [0.2, 0.25) is 0 Å². The van der Waals surface area contributed by atoms with Crippen molar-refractivity contribution in [2.24, 2.45) is 0 Å². The number of hydrogen-bond acceptors (Lipinski definition) is 6. The Morgan fingerprint density at radius 3 is 2.25 bits per heavy atom. The average molecular weight is 494 g/mol. The van der Waals surface area contributed by atoms with Crippen LogP contribution < -0.4 is 21.9 Å². The molecule has 1 amide bonds. The standard InChI is InChI=1S/C27H35N5O4/c1-3-31(23(33)20-30(17-18-36-2)16-10-15-21-11-6-4-7-12-21)24-25(28)32(27(35)29-26(24)34)19-22-13-8-5-9-14-22/h4-9,11-14H,3,10,15-20,28H2,1-2H3,(H,29,34,35). The molecule has 1 aromatic heterocycles. The van der Waals surface area contributed by atoms with Crippen LogP contribution in [0.5, 0.6) is 0 Å². The molecule has 0 bridgehead atoms. The Balaban J connectivity index is 1.78. The van der Waals surface area contributed by atoms with Gasteiger partial charge in [0.25, 0.3) is 5.56 Å². The van der Waals surface area contributed by atoms with Gasteiger partial charge in [0.1, 0.15) is 5.82 Å². The fourth-order valence-corrected chi connectivity index (χ4v) is 4.14. The summed E-state index contributed by atoms with van der Waals surface area (Å²) in [7, 11) is 1.62. The number of benzene rings is 2. The maximum Gasteiger partial charge on any atom is 0.330 e. The van der Waals surface area contributed by atoms with Crippen molar-refractivity contribution in [1.29, 1.82) is 0 Å². The molecule has 192 valence electrons. The van der Waals surface area contributed by atoms with Crippen LogP contribution >= 0.6 is 0 Å². The van der Waals surface area contributed by atoms with Crippen LogP contribution in [0.4, 0.5) is 11.5 Å². The van der Waals surface area contributed by atoms with E-state index in [1.54, 1.807) is 14.0 Å². The summed E-state index contributed by atoms with van der Waals surface area (Å²) in [5, 5.41) is 0. The lowest BCUT2D eigenvalue weighted by atomic mass is 10.1. The van der Waals surface area contributed by atoms with E-state index in [0.717, 1.165) is 18.4 Å². The Morgan fingerprint density at radius 2 is 1.64 bits per heavy atom. The zero-order chi connectivity index (χ0) is 25.9. The molecule has 2 aromatic carbocycles. The zero-order valence-electron chi connectivity index (χ0n) is 21.0. The van der Waals surface area contributed by atoms with Crippen LogP contribution in [-0.2, 0) is 22.5 Å². The molecule has 0 aliphatic heterocycles. The predicted octanol–water partition coefficient (Wildman–Crippen LogP) is 2.10. The molecule has 1 heterocycles. The van der Waals surface area contributed by atoms with Gasteiger partial charge in [-0.3, -0.25) is 24.0 Å². The summed E-state index contributed by atoms with van der Waals surface area (Å²) in [6, 6.07) is 19.5. The van der Waals surface area contributed by atoms with Crippen molar-refractivity contribution in [2.45, 2.75) is 26.3 Å². The largest absolute Gasteiger partial charge is 0.383 e. The fraction of sp³-hybridized carbons (Fsp3) is 0.370. The minimum absolute atomic E-state index is 0.00555. The van der Waals surface area contributed by atoms with Crippen LogP contribution in [0.1, 0.15) is 24.5 Å². The summed E-state index contributed by atoms with van der Waals surface area (Å²) in [5.41, 5.74) is 7.11. The first-order valence-electron chi connectivity index (χ1n) is 12.2. The number of aromatic amines is 1. The highest BCUT2D eigenvalue weighted by molar-refractivity contribution is 5.96. The normalized spacial score (nSPS) is 11.1. The van der Waals surface area contributed by atoms with Gasteiger partial charge in [0.2, 0.25) is 5.91 Å². The number of aryl methyl sites for hydroxylation is 1. The van der Waals surface area contributed by atoms with Crippen molar-refractivity contribution in [1.82, 2.24) is 14.5 Å². The molecular weight excluding hydrogens is 458 g/mol. The zero-order valence-corrected chi connectivity index (χ0v) is 21.0. The highest BCUT2D eigenvalue weighted by atomic mass is 16.5. The maximum absolute atomic E-state index is 13.4. The van der Waals surface area contributed by atoms with Gasteiger partial charge < -0.3 is 15.4 Å². The molecule has 9 nitrogen and oxygen atoms in total. The molecule has 36 heavy (non-hydrogen) atoms. The number of hydrogen-bond donors (Lipinski definition) is 2. The van der Waals surface area contributed by atoms with Crippen LogP contribution in [0.15, 0.2) is 70.3 Å². The van der Waals surface area contributed by atoms with Crippen LogP contribution in [0.25, 0.3) is 0 Å². The van der Waals surface area contributed by atoms with E-state index in [1.165, 1.54) is 15.0 Å². The number of rotatable bonds is 13. The van der Waals surface area contributed by atoms with Gasteiger partial charge in [0.15, 0.2) is 5.69 Å². The summed E-state index contributed by atoms with van der Waals surface area (Å²) in [6.07, 6.45) is 1.77. The van der Waals surface area contributed by atoms with E-state index in [4.69, 9.17) is 10.5 Å². The molecule has 0 fully saturated rings. The van der Waals surface area contributed by atoms with Crippen LogP contribution in [0.3, 0.4) is 0 Å². The molecule has 0 unspecified atom stereocenters. The number of H-pyrrole nitrogens is 1. The summed E-state index contributed by atoms with van der Waals surface area (Å²) >= 11 is 0. The molecule has 0 aliphatic carbocycles. The average Bonchev–Trinajstić information content (AvgIpc) is 2.88. The van der Waals surface area contributed by atoms with E-state index < -0.39 is 11.2 Å². The summed E-state index contributed by atoms with van der Waals surface area (Å²) in [5.74, 6) is -0.300. The van der Waals surface area contributed by atoms with Crippen LogP contribution in [0, 0.1) is 0 Å². The Kier molecular flexibility index (Phi) is 10.0. The molecule has 0 atom stereocenters. The lowest BCUT2D eigenvalue weighted by Crippen LogP contribution is -2.46. The van der Waals surface area contributed by atoms with E-state index in [0.29, 0.717) is 19.7 Å². The first-order chi connectivity index (χ1) is 17.4. The van der Waals surface area contributed by atoms with E-state index in [-0.39, 0.29) is 37.0 Å². The smallest absolute Gasteiger partial charge is 0.330 e. The number of nitrogens with one attached hydrogen (secondary N) is 1. The van der Waals surface area contributed by atoms with Crippen LogP contribution in [-0.4, -0.2) is 60.3 Å². The van der Waals surface area contributed by atoms with Gasteiger partial charge in [0.05, 0.1) is 19.7 Å². The fourth-order valence-electron chi connectivity index (χ4n) is 4.14. The van der Waals surface area contributed by atoms with E-state index in [2.05, 4.69) is 17.1 Å². The van der Waals surface area contributed by atoms with Gasteiger partial charge in [-0.15, -0.1) is 0 Å². The third-order valence-electron chi connectivity index (χ3n) is 6.04. The van der Waals surface area contributed by atoms with Gasteiger partial charge in [-0.2, -0.15) is 0 Å². The summed E-state index contributed by atoms with van der Waals surface area (Å²) in [6.45, 7) is 4.05. The number of methoxy groups -OCH3 is 1. The lowest BCUT2D eigenvalue weighted by molar-refractivity contribution is -0.119. The van der Waals surface area contributed by atoms with E-state index in [9.17, 15) is 14.4 Å². The number of amides is 1. The number of likely N-dealkylation sites (N-methyl/N-ethyl adjacent to an activating group) is 1. The van der Waals surface area contributed by atoms with Gasteiger partial charge >= 0.3 is 5.69 Å². The Morgan fingerprint density at radius 1 is 1.00 bits per heavy atom. The third kappa shape index (κ3) is 7.16. The van der Waals surface area contributed by atoms with Crippen molar-refractivity contribution < 1.29 is 9.53 Å². The van der Waals surface area contributed by atoms with Gasteiger partial charge in [-0.05, 0) is 37.4 Å². The minimum Gasteiger partial charge on any atom is -0.383 e. The van der Waals surface area contributed by atoms with Crippen molar-refractivity contribution in [2.75, 3.05) is 50.5 Å². The number of carbonyl (C=O) groups excluding carboxylic acids is 1. The minimum atomic E-state index is -0.676. The number of nitrogen functional groups attached to an aromatic ring is 1. The van der Waals surface area contributed by atoms with Gasteiger partial charge in [-0.25, -0.2) is 4.79 Å². The Labute approximate surface area is 211 Å². The van der Waals surface area contributed by atoms with Crippen molar-refractivity contribution >= 4 is 17.4 Å². The van der Waals surface area contributed by atoms with Crippen molar-refractivity contribution in [3.63, 3.8) is 0 Å². The second kappa shape index (κ2) is 13.4. The number of anilines is 2. The number of aromatic nitrogens is 2. The molecule has 3 rings (SSSR count). The Bertz CT molecular complexity index is 1220. The van der Waals surface area contributed by atoms with Crippen molar-refractivity contribution in [3.05, 3.63) is 92.6 Å². The molecule has 9 heteroatoms. The molecule has 3 N–H and O–H groups in total. The maximum atomic E-state index is 13.4. The topological polar surface area (TPSA) is 114 Å². The number of nitrogens with two attached hydrogens (primary N) is 1. The molecule has 3 aromatic rings. The van der Waals surface area contributed by atoms with Crippen molar-refractivity contribution in [3.8, 4) is 0 Å². The SMILES string of the molecule is CCN(C(=O)CN(CCCc1ccccc1)CCOC)c1c(N)n(Cc2ccccc2)c(=O)[nH]c1=O. The number of ether oxygens (including phenoxy) is 1. The molecule has 0 saturated carbocycles. The lowest BCUT2D eigenvalue weighted by Gasteiger charge is -2.27. The highest BCUT2D eigenvalue weighted by Crippen LogP contribution is 2.18. The van der Waals surface area contributed by atoms with Gasteiger partial charge in [0, 0.05) is 20.2 Å². The molecule has 0 radical (unpaired) electrons.